The minimum Gasteiger partial charge on any atom is -0.366 e. The Bertz CT molecular complexity index is 771. The minimum absolute atomic E-state index is 0.0307. The van der Waals surface area contributed by atoms with Crippen LogP contribution in [0.1, 0.15) is 51.9 Å². The second kappa shape index (κ2) is 5.90. The average molecular weight is 380 g/mol. The minimum atomic E-state index is -0.0915. The molecule has 3 nitrogen and oxygen atoms in total. The summed E-state index contributed by atoms with van der Waals surface area (Å²) < 4.78 is 6.61. The fraction of sp³-hybridized carbons (Fsp3) is 0.760. The molecule has 7 unspecified atom stereocenters. The average Bonchev–Trinajstić information content (AvgIpc) is 3.31. The van der Waals surface area contributed by atoms with Crippen LogP contribution in [0.3, 0.4) is 0 Å². The fourth-order valence-electron chi connectivity index (χ4n) is 9.21. The third-order valence-corrected chi connectivity index (χ3v) is 10.1. The molecular formula is C25H33NO2. The van der Waals surface area contributed by atoms with Crippen molar-refractivity contribution in [3.05, 3.63) is 41.4 Å². The van der Waals surface area contributed by atoms with E-state index in [1.54, 1.807) is 0 Å². The molecule has 3 heteroatoms. The fourth-order valence-corrected chi connectivity index (χ4v) is 9.21. The van der Waals surface area contributed by atoms with E-state index in [0.717, 1.165) is 55.5 Å². The van der Waals surface area contributed by atoms with Gasteiger partial charge in [0.2, 0.25) is 0 Å². The van der Waals surface area contributed by atoms with E-state index in [9.17, 15) is 4.91 Å². The lowest BCUT2D eigenvalue weighted by Gasteiger charge is -2.60. The van der Waals surface area contributed by atoms with Gasteiger partial charge in [0.15, 0.2) is 0 Å². The highest BCUT2D eigenvalue weighted by molar-refractivity contribution is 5.35. The van der Waals surface area contributed by atoms with Crippen LogP contribution < -0.4 is 0 Å². The molecule has 0 amide bonds. The molecule has 1 aliphatic heterocycles. The summed E-state index contributed by atoms with van der Waals surface area (Å²) in [6.07, 6.45) is 17.7. The van der Waals surface area contributed by atoms with Crippen LogP contribution in [0.4, 0.5) is 0 Å². The molecule has 0 radical (unpaired) electrons. The summed E-state index contributed by atoms with van der Waals surface area (Å²) in [5, 5.41) is 3.36. The third-order valence-electron chi connectivity index (χ3n) is 10.1. The second-order valence-corrected chi connectivity index (χ2v) is 10.5. The number of allylic oxidation sites excluding steroid dienone is 2. The predicted molar refractivity (Wildman–Crippen MR) is 111 cm³/mol. The summed E-state index contributed by atoms with van der Waals surface area (Å²) in [6.45, 7) is 7.52. The summed E-state index contributed by atoms with van der Waals surface area (Å²) in [5.41, 5.74) is 1.89. The van der Waals surface area contributed by atoms with E-state index in [1.807, 2.05) is 0 Å². The molecule has 150 valence electrons. The molecule has 4 fully saturated rings. The van der Waals surface area contributed by atoms with Gasteiger partial charge in [-0.1, -0.05) is 42.0 Å². The second-order valence-electron chi connectivity index (χ2n) is 10.5. The lowest BCUT2D eigenvalue weighted by atomic mass is 9.46. The van der Waals surface area contributed by atoms with Gasteiger partial charge in [0.1, 0.15) is 6.04 Å². The normalized spacial score (nSPS) is 55.7. The van der Waals surface area contributed by atoms with E-state index in [2.05, 4.69) is 43.0 Å². The molecular weight excluding hydrogens is 346 g/mol. The van der Waals surface area contributed by atoms with Crippen LogP contribution in [-0.2, 0) is 4.74 Å². The van der Waals surface area contributed by atoms with Gasteiger partial charge in [-0.05, 0) is 86.4 Å². The van der Waals surface area contributed by atoms with Crippen molar-refractivity contribution in [3.8, 4) is 0 Å². The van der Waals surface area contributed by atoms with Gasteiger partial charge in [-0.2, -0.15) is 4.91 Å². The smallest absolute Gasteiger partial charge is 0.110 e. The molecule has 6 aliphatic rings. The quantitative estimate of drug-likeness (QED) is 0.467. The van der Waals surface area contributed by atoms with E-state index in [0.29, 0.717) is 17.3 Å². The van der Waals surface area contributed by atoms with Crippen molar-refractivity contribution >= 4 is 0 Å². The van der Waals surface area contributed by atoms with Gasteiger partial charge in [0, 0.05) is 5.41 Å². The van der Waals surface area contributed by atoms with Gasteiger partial charge in [0.05, 0.1) is 12.2 Å². The molecule has 0 aromatic carbocycles. The Hall–Kier alpha value is -1.22. The van der Waals surface area contributed by atoms with E-state index in [1.165, 1.54) is 31.3 Å². The third kappa shape index (κ3) is 1.95. The van der Waals surface area contributed by atoms with E-state index in [4.69, 9.17) is 4.74 Å². The molecule has 0 aromatic rings. The maximum absolute atomic E-state index is 11.2. The summed E-state index contributed by atoms with van der Waals surface area (Å²) in [6, 6.07) is -0.0915. The van der Waals surface area contributed by atoms with Crippen LogP contribution in [0.5, 0.6) is 0 Å². The zero-order valence-corrected chi connectivity index (χ0v) is 17.1. The Kier molecular flexibility index (Phi) is 3.72. The van der Waals surface area contributed by atoms with Crippen LogP contribution in [0.25, 0.3) is 0 Å². The van der Waals surface area contributed by atoms with Gasteiger partial charge in [0.25, 0.3) is 0 Å². The van der Waals surface area contributed by atoms with Crippen molar-refractivity contribution < 1.29 is 4.74 Å². The molecule has 0 N–H and O–H groups in total. The number of fused-ring (bicyclic) bond motifs is 9. The molecule has 0 aromatic heterocycles. The standard InChI is InChI=1S/C25H33NO2/c1-3-15-12-16-13-17(26-27)6-7-18(16)19-8-10-24(4-2)23(22(15)19)20-14-21(20)25(24)9-5-11-28-25/h3,5,9,13,15,17-23H,1,4,6-8,10-12,14H2,2H3/t15?,17?,18-,19?,20?,21?,22?,23?,24-,25-/m0/s1. The number of ether oxygens (including phenoxy) is 1. The number of nitrogens with zero attached hydrogens (tertiary/aromatic N) is 1. The lowest BCUT2D eigenvalue weighted by Crippen LogP contribution is -2.57. The van der Waals surface area contributed by atoms with Crippen molar-refractivity contribution in [2.75, 3.05) is 6.61 Å². The topological polar surface area (TPSA) is 38.7 Å². The van der Waals surface area contributed by atoms with Gasteiger partial charge < -0.3 is 4.74 Å². The van der Waals surface area contributed by atoms with Gasteiger partial charge in [-0.3, -0.25) is 0 Å². The summed E-state index contributed by atoms with van der Waals surface area (Å²) in [4.78, 5) is 11.2. The summed E-state index contributed by atoms with van der Waals surface area (Å²) in [5.74, 6) is 5.15. The predicted octanol–water partition coefficient (Wildman–Crippen LogP) is 5.68. The van der Waals surface area contributed by atoms with Gasteiger partial charge in [-0.15, -0.1) is 6.58 Å². The molecule has 4 saturated carbocycles. The van der Waals surface area contributed by atoms with Crippen LogP contribution in [0.15, 0.2) is 41.6 Å². The molecule has 0 saturated heterocycles. The first-order chi connectivity index (χ1) is 13.7. The van der Waals surface area contributed by atoms with Crippen LogP contribution in [0.2, 0.25) is 0 Å². The highest BCUT2D eigenvalue weighted by Crippen LogP contribution is 2.79. The SMILES string of the molecule is C=CC1CC2=CC(N=O)CC[C@@H]2C2CC[C@@]3(CC)C(C4CC4[C@@]34C=CCO4)C12. The van der Waals surface area contributed by atoms with Gasteiger partial charge in [-0.25, -0.2) is 0 Å². The molecule has 6 rings (SSSR count). The van der Waals surface area contributed by atoms with E-state index in [-0.39, 0.29) is 11.6 Å². The molecule has 10 atom stereocenters. The van der Waals surface area contributed by atoms with Crippen molar-refractivity contribution in [2.24, 2.45) is 52.0 Å². The highest BCUT2D eigenvalue weighted by Gasteiger charge is 2.77. The molecule has 0 bridgehead atoms. The Morgan fingerprint density at radius 3 is 2.93 bits per heavy atom. The Morgan fingerprint density at radius 2 is 2.21 bits per heavy atom. The number of hydrogen-bond acceptors (Lipinski definition) is 3. The number of hydrogen-bond donors (Lipinski definition) is 0. The zero-order valence-electron chi connectivity index (χ0n) is 17.1. The first-order valence-electron chi connectivity index (χ1n) is 11.7. The monoisotopic (exact) mass is 379 g/mol. The van der Waals surface area contributed by atoms with Gasteiger partial charge >= 0.3 is 0 Å². The molecule has 28 heavy (non-hydrogen) atoms. The first-order valence-corrected chi connectivity index (χ1v) is 11.7. The van der Waals surface area contributed by atoms with Crippen molar-refractivity contribution in [3.63, 3.8) is 0 Å². The van der Waals surface area contributed by atoms with Crippen molar-refractivity contribution in [1.29, 1.82) is 0 Å². The molecule has 1 spiro atoms. The molecule has 1 heterocycles. The Morgan fingerprint density at radius 1 is 1.32 bits per heavy atom. The largest absolute Gasteiger partial charge is 0.366 e. The number of nitroso groups, excluding NO2 is 1. The maximum Gasteiger partial charge on any atom is 0.110 e. The molecule has 5 aliphatic carbocycles. The van der Waals surface area contributed by atoms with Crippen LogP contribution in [-0.4, -0.2) is 18.2 Å². The maximum atomic E-state index is 11.2. The van der Waals surface area contributed by atoms with E-state index >= 15 is 0 Å². The first kappa shape index (κ1) is 17.6. The Labute approximate surface area is 168 Å². The van der Waals surface area contributed by atoms with Crippen LogP contribution in [0, 0.1) is 51.7 Å². The number of rotatable bonds is 3. The highest BCUT2D eigenvalue weighted by atomic mass is 16.5. The lowest BCUT2D eigenvalue weighted by molar-refractivity contribution is -0.148. The van der Waals surface area contributed by atoms with Crippen molar-refractivity contribution in [2.45, 2.75) is 63.5 Å². The zero-order chi connectivity index (χ0) is 19.1. The summed E-state index contributed by atoms with van der Waals surface area (Å²) >= 11 is 0. The van der Waals surface area contributed by atoms with Crippen molar-refractivity contribution in [1.82, 2.24) is 0 Å². The van der Waals surface area contributed by atoms with Crippen LogP contribution >= 0.6 is 0 Å². The Balaban J connectivity index is 1.42. The summed E-state index contributed by atoms with van der Waals surface area (Å²) in [7, 11) is 0. The van der Waals surface area contributed by atoms with E-state index < -0.39 is 0 Å².